The van der Waals surface area contributed by atoms with Gasteiger partial charge in [0, 0.05) is 32.5 Å². The Kier molecular flexibility index (Phi) is 7.29. The zero-order valence-electron chi connectivity index (χ0n) is 18.0. The van der Waals surface area contributed by atoms with E-state index >= 15 is 0 Å². The number of hydrogen-bond donors (Lipinski definition) is 0. The Bertz CT molecular complexity index is 1050. The summed E-state index contributed by atoms with van der Waals surface area (Å²) >= 11 is 0. The van der Waals surface area contributed by atoms with E-state index in [0.29, 0.717) is 5.41 Å². The fourth-order valence-corrected chi connectivity index (χ4v) is 5.09. The monoisotopic (exact) mass is 595 g/mol. The van der Waals surface area contributed by atoms with E-state index in [4.69, 9.17) is 0 Å². The van der Waals surface area contributed by atoms with E-state index in [0.717, 1.165) is 28.4 Å². The second-order valence-electron chi connectivity index (χ2n) is 8.63. The molecule has 2 aliphatic carbocycles. The first kappa shape index (κ1) is 22.6. The Morgan fingerprint density at radius 2 is 1.38 bits per heavy atom. The molecule has 2 aliphatic rings. The molecule has 1 radical (unpaired) electrons. The summed E-state index contributed by atoms with van der Waals surface area (Å²) in [5, 5.41) is 0. The molecule has 2 nitrogen and oxygen atoms in total. The molecule has 0 amide bonds. The van der Waals surface area contributed by atoms with Crippen LogP contribution in [0.1, 0.15) is 37.7 Å². The van der Waals surface area contributed by atoms with Crippen LogP contribution >= 0.6 is 0 Å². The van der Waals surface area contributed by atoms with Crippen LogP contribution in [0.25, 0.3) is 22.5 Å². The Morgan fingerprint density at radius 3 is 1.84 bits per heavy atom. The van der Waals surface area contributed by atoms with E-state index in [2.05, 4.69) is 46.5 Å². The Balaban J connectivity index is 0.000000164. The van der Waals surface area contributed by atoms with Gasteiger partial charge in [0.25, 0.3) is 0 Å². The first-order valence-corrected chi connectivity index (χ1v) is 11.1. The zero-order valence-corrected chi connectivity index (χ0v) is 20.4. The number of aromatic nitrogens is 2. The van der Waals surface area contributed by atoms with Gasteiger partial charge >= 0.3 is 0 Å². The minimum atomic E-state index is 0. The SMILES string of the molecule is [Ir].[c-]1ccccc1-c1ccc(C23CCC(CC2)C3)cn1.[c-]1ccccc1-c1ccccn1. The van der Waals surface area contributed by atoms with Crippen molar-refractivity contribution in [2.75, 3.05) is 0 Å². The molecule has 163 valence electrons. The summed E-state index contributed by atoms with van der Waals surface area (Å²) in [6, 6.07) is 32.6. The van der Waals surface area contributed by atoms with Crippen LogP contribution in [0.4, 0.5) is 0 Å². The maximum atomic E-state index is 4.67. The van der Waals surface area contributed by atoms with Gasteiger partial charge in [-0.25, -0.2) is 0 Å². The van der Waals surface area contributed by atoms with Crippen molar-refractivity contribution in [3.63, 3.8) is 0 Å². The van der Waals surface area contributed by atoms with Gasteiger partial charge in [0.2, 0.25) is 0 Å². The molecular formula is C29H26IrN2-2. The Morgan fingerprint density at radius 1 is 0.719 bits per heavy atom. The normalized spacial score (nSPS) is 20.7. The largest absolute Gasteiger partial charge is 0.305 e. The van der Waals surface area contributed by atoms with Crippen LogP contribution in [0.3, 0.4) is 0 Å². The van der Waals surface area contributed by atoms with Crippen molar-refractivity contribution in [1.82, 2.24) is 9.97 Å². The molecule has 0 aliphatic heterocycles. The summed E-state index contributed by atoms with van der Waals surface area (Å²) < 4.78 is 0. The van der Waals surface area contributed by atoms with E-state index in [-0.39, 0.29) is 20.1 Å². The van der Waals surface area contributed by atoms with Gasteiger partial charge in [-0.2, -0.15) is 0 Å². The third-order valence-electron chi connectivity index (χ3n) is 6.75. The fraction of sp³-hybridized carbons (Fsp3) is 0.241. The minimum Gasteiger partial charge on any atom is -0.305 e. The van der Waals surface area contributed by atoms with Crippen LogP contribution in [-0.4, -0.2) is 9.97 Å². The molecule has 0 unspecified atom stereocenters. The van der Waals surface area contributed by atoms with Crippen LogP contribution in [0.2, 0.25) is 0 Å². The van der Waals surface area contributed by atoms with E-state index < -0.39 is 0 Å². The standard InChI is InChI=1S/C18H18N.C11H8N.Ir/c1-2-4-15(5-3-1)17-7-6-16(13-19-17)18-10-8-14(12-18)9-11-18;1-2-6-10(7-3-1)11-8-4-5-9-12-11;/h1-4,6-7,13-14H,8-12H2;1-6,8-9H;/q2*-1;. The molecule has 2 aromatic carbocycles. The van der Waals surface area contributed by atoms with Crippen LogP contribution in [0, 0.1) is 18.1 Å². The maximum absolute atomic E-state index is 4.67. The Hall–Kier alpha value is -2.61. The number of hydrogen-bond acceptors (Lipinski definition) is 2. The number of benzene rings is 2. The smallest absolute Gasteiger partial charge is 0.0198 e. The zero-order chi connectivity index (χ0) is 20.9. The van der Waals surface area contributed by atoms with E-state index in [9.17, 15) is 0 Å². The molecule has 6 rings (SSSR count). The first-order valence-electron chi connectivity index (χ1n) is 11.1. The maximum Gasteiger partial charge on any atom is 0.0198 e. The Labute approximate surface area is 204 Å². The van der Waals surface area contributed by atoms with Gasteiger partial charge in [-0.15, -0.1) is 71.8 Å². The molecule has 2 aromatic heterocycles. The molecule has 0 spiro atoms. The minimum absolute atomic E-state index is 0. The van der Waals surface area contributed by atoms with Crippen LogP contribution in [-0.2, 0) is 25.5 Å². The van der Waals surface area contributed by atoms with Crippen LogP contribution in [0.15, 0.2) is 91.3 Å². The molecule has 4 aromatic rings. The fourth-order valence-electron chi connectivity index (χ4n) is 5.09. The van der Waals surface area contributed by atoms with Crippen molar-refractivity contribution < 1.29 is 20.1 Å². The quantitative estimate of drug-likeness (QED) is 0.241. The topological polar surface area (TPSA) is 25.8 Å². The van der Waals surface area contributed by atoms with Crippen molar-refractivity contribution in [2.45, 2.75) is 37.5 Å². The molecule has 3 heteroatoms. The average molecular weight is 595 g/mol. The second kappa shape index (κ2) is 10.3. The molecule has 0 N–H and O–H groups in total. The van der Waals surface area contributed by atoms with Gasteiger partial charge in [-0.1, -0.05) is 24.3 Å². The van der Waals surface area contributed by atoms with E-state index in [1.165, 1.54) is 37.7 Å². The van der Waals surface area contributed by atoms with Gasteiger partial charge in [-0.05, 0) is 66.5 Å². The first-order chi connectivity index (χ1) is 15.3. The van der Waals surface area contributed by atoms with Crippen molar-refractivity contribution in [2.24, 2.45) is 5.92 Å². The van der Waals surface area contributed by atoms with Gasteiger partial charge in [0.05, 0.1) is 0 Å². The average Bonchev–Trinajstić information content (AvgIpc) is 3.49. The van der Waals surface area contributed by atoms with Gasteiger partial charge in [0.15, 0.2) is 0 Å². The molecule has 2 fully saturated rings. The number of pyridine rings is 2. The van der Waals surface area contributed by atoms with Crippen molar-refractivity contribution in [3.05, 3.63) is 109 Å². The third-order valence-corrected chi connectivity index (χ3v) is 6.75. The van der Waals surface area contributed by atoms with Crippen LogP contribution in [0.5, 0.6) is 0 Å². The summed E-state index contributed by atoms with van der Waals surface area (Å²) in [4.78, 5) is 8.89. The van der Waals surface area contributed by atoms with Crippen molar-refractivity contribution >= 4 is 0 Å². The summed E-state index contributed by atoms with van der Waals surface area (Å²) in [7, 11) is 0. The van der Waals surface area contributed by atoms with Crippen LogP contribution < -0.4 is 0 Å². The van der Waals surface area contributed by atoms with Gasteiger partial charge < -0.3 is 9.97 Å². The van der Waals surface area contributed by atoms with Crippen molar-refractivity contribution in [1.29, 1.82) is 0 Å². The predicted molar refractivity (Wildman–Crippen MR) is 125 cm³/mol. The van der Waals surface area contributed by atoms with E-state index in [1.54, 1.807) is 6.20 Å². The molecule has 0 atom stereocenters. The molecular weight excluding hydrogens is 569 g/mol. The van der Waals surface area contributed by atoms with Gasteiger partial charge in [-0.3, -0.25) is 0 Å². The number of nitrogens with zero attached hydrogens (tertiary/aromatic N) is 2. The summed E-state index contributed by atoms with van der Waals surface area (Å²) in [6.07, 6.45) is 10.9. The predicted octanol–water partition coefficient (Wildman–Crippen LogP) is 6.93. The summed E-state index contributed by atoms with van der Waals surface area (Å²) in [6.45, 7) is 0. The molecule has 2 bridgehead atoms. The summed E-state index contributed by atoms with van der Waals surface area (Å²) in [5.41, 5.74) is 6.07. The number of fused-ring (bicyclic) bond motifs is 2. The molecule has 2 heterocycles. The second-order valence-corrected chi connectivity index (χ2v) is 8.63. The van der Waals surface area contributed by atoms with Gasteiger partial charge in [0.1, 0.15) is 0 Å². The van der Waals surface area contributed by atoms with E-state index in [1.807, 2.05) is 60.7 Å². The summed E-state index contributed by atoms with van der Waals surface area (Å²) in [5.74, 6) is 0.988. The third kappa shape index (κ3) is 4.90. The molecule has 0 saturated heterocycles. The van der Waals surface area contributed by atoms with Crippen molar-refractivity contribution in [3.8, 4) is 22.5 Å². The molecule has 32 heavy (non-hydrogen) atoms. The number of rotatable bonds is 3. The molecule has 2 saturated carbocycles.